The van der Waals surface area contributed by atoms with Crippen molar-refractivity contribution in [3.05, 3.63) is 78.6 Å². The number of rotatable bonds is 5. The van der Waals surface area contributed by atoms with Gasteiger partial charge in [0.1, 0.15) is 0 Å². The Labute approximate surface area is 153 Å². The molecule has 1 amide bonds. The van der Waals surface area contributed by atoms with Gasteiger partial charge in [0.2, 0.25) is 0 Å². The van der Waals surface area contributed by atoms with E-state index in [0.717, 1.165) is 16.9 Å². The molecule has 0 fully saturated rings. The number of carbonyl (C=O) groups excluding carboxylic acids is 1. The molecule has 0 aliphatic heterocycles. The van der Waals surface area contributed by atoms with Gasteiger partial charge >= 0.3 is 6.09 Å². The predicted octanol–water partition coefficient (Wildman–Crippen LogP) is 4.56. The van der Waals surface area contributed by atoms with Gasteiger partial charge in [0.15, 0.2) is 0 Å². The third kappa shape index (κ3) is 4.19. The Morgan fingerprint density at radius 3 is 2.46 bits per heavy atom. The maximum absolute atomic E-state index is 11.5. The highest BCUT2D eigenvalue weighted by Gasteiger charge is 2.09. The average Bonchev–Trinajstić information content (AvgIpc) is 2.72. The van der Waals surface area contributed by atoms with Crippen LogP contribution in [0, 0.1) is 0 Å². The molecule has 0 aliphatic carbocycles. The molecule has 0 radical (unpaired) electrons. The molecule has 0 unspecified atom stereocenters. The van der Waals surface area contributed by atoms with Crippen molar-refractivity contribution in [3.8, 4) is 11.1 Å². The van der Waals surface area contributed by atoms with Crippen molar-refractivity contribution in [2.75, 3.05) is 24.4 Å². The minimum absolute atomic E-state index is 0.390. The number of amides is 1. The molecule has 0 spiro atoms. The number of pyridine rings is 1. The molecule has 0 aliphatic rings. The Morgan fingerprint density at radius 1 is 1.04 bits per heavy atom. The summed E-state index contributed by atoms with van der Waals surface area (Å²) in [6.07, 6.45) is 3.21. The highest BCUT2D eigenvalue weighted by molar-refractivity contribution is 5.87. The van der Waals surface area contributed by atoms with Gasteiger partial charge in [0.05, 0.1) is 7.11 Å². The van der Waals surface area contributed by atoms with Crippen molar-refractivity contribution in [2.24, 2.45) is 0 Å². The van der Waals surface area contributed by atoms with Crippen LogP contribution >= 0.6 is 0 Å². The normalized spacial score (nSPS) is 10.2. The molecule has 0 saturated heterocycles. The zero-order chi connectivity index (χ0) is 18.4. The van der Waals surface area contributed by atoms with E-state index in [4.69, 9.17) is 4.74 Å². The third-order valence-corrected chi connectivity index (χ3v) is 4.14. The summed E-state index contributed by atoms with van der Waals surface area (Å²) in [6, 6.07) is 20.1. The molecule has 5 heteroatoms. The van der Waals surface area contributed by atoms with Crippen LogP contribution in [0.5, 0.6) is 0 Å². The van der Waals surface area contributed by atoms with E-state index >= 15 is 0 Å². The number of hydrogen-bond donors (Lipinski definition) is 1. The van der Waals surface area contributed by atoms with E-state index in [2.05, 4.69) is 34.6 Å². The first kappa shape index (κ1) is 17.5. The van der Waals surface area contributed by atoms with Crippen LogP contribution in [0.4, 0.5) is 16.2 Å². The van der Waals surface area contributed by atoms with Gasteiger partial charge in [0.25, 0.3) is 0 Å². The van der Waals surface area contributed by atoms with E-state index in [1.807, 2.05) is 36.4 Å². The Balaban J connectivity index is 1.65. The third-order valence-electron chi connectivity index (χ3n) is 4.14. The zero-order valence-corrected chi connectivity index (χ0v) is 14.8. The van der Waals surface area contributed by atoms with E-state index in [0.29, 0.717) is 6.54 Å². The van der Waals surface area contributed by atoms with Crippen molar-refractivity contribution < 1.29 is 9.53 Å². The fraction of sp³-hybridized carbons (Fsp3) is 0.143. The second-order valence-corrected chi connectivity index (χ2v) is 5.87. The lowest BCUT2D eigenvalue weighted by atomic mass is 10.0. The summed E-state index contributed by atoms with van der Waals surface area (Å²) in [7, 11) is 3.05. The minimum Gasteiger partial charge on any atom is -0.452 e. The van der Waals surface area contributed by atoms with Gasteiger partial charge < -0.3 is 10.1 Å². The summed E-state index contributed by atoms with van der Waals surface area (Å²) >= 11 is 0. The van der Waals surface area contributed by atoms with E-state index in [1.54, 1.807) is 19.4 Å². The predicted molar refractivity (Wildman–Crippen MR) is 104 cm³/mol. The molecule has 0 bridgehead atoms. The molecule has 132 valence electrons. The number of methoxy groups -OCH3 is 1. The number of ether oxygens (including phenoxy) is 1. The topological polar surface area (TPSA) is 54.5 Å². The highest BCUT2D eigenvalue weighted by atomic mass is 16.5. The second kappa shape index (κ2) is 8.16. The molecule has 0 atom stereocenters. The molecule has 5 nitrogen and oxygen atoms in total. The fourth-order valence-electron chi connectivity index (χ4n) is 2.65. The summed E-state index contributed by atoms with van der Waals surface area (Å²) in [5.41, 5.74) is 5.28. The van der Waals surface area contributed by atoms with Crippen LogP contribution in [-0.4, -0.2) is 25.2 Å². The van der Waals surface area contributed by atoms with Gasteiger partial charge in [-0.2, -0.15) is 0 Å². The Kier molecular flexibility index (Phi) is 5.49. The summed E-state index contributed by atoms with van der Waals surface area (Å²) in [5, 5.41) is 3.40. The van der Waals surface area contributed by atoms with Crippen molar-refractivity contribution in [2.45, 2.75) is 6.54 Å². The summed E-state index contributed by atoms with van der Waals surface area (Å²) in [4.78, 5) is 17.1. The maximum Gasteiger partial charge on any atom is 0.413 e. The largest absolute Gasteiger partial charge is 0.452 e. The molecule has 1 heterocycles. The van der Waals surface area contributed by atoms with E-state index in [1.165, 1.54) is 23.1 Å². The van der Waals surface area contributed by atoms with Crippen molar-refractivity contribution in [1.29, 1.82) is 0 Å². The molecule has 0 saturated carbocycles. The van der Waals surface area contributed by atoms with Gasteiger partial charge in [0, 0.05) is 37.4 Å². The van der Waals surface area contributed by atoms with Crippen LogP contribution in [0.2, 0.25) is 0 Å². The first-order chi connectivity index (χ1) is 12.7. The second-order valence-electron chi connectivity index (χ2n) is 5.87. The zero-order valence-electron chi connectivity index (χ0n) is 14.8. The SMILES string of the molecule is COC(=O)N(C)c1ccc(NCc2cccc(-c3ccncc3)c2)cc1. The van der Waals surface area contributed by atoms with Crippen LogP contribution in [0.3, 0.4) is 0 Å². The van der Waals surface area contributed by atoms with Crippen LogP contribution in [-0.2, 0) is 11.3 Å². The molecule has 3 aromatic rings. The highest BCUT2D eigenvalue weighted by Crippen LogP contribution is 2.21. The van der Waals surface area contributed by atoms with Gasteiger partial charge in [-0.25, -0.2) is 4.79 Å². The summed E-state index contributed by atoms with van der Waals surface area (Å²) in [5.74, 6) is 0. The molecule has 1 N–H and O–H groups in total. The van der Waals surface area contributed by atoms with E-state index in [9.17, 15) is 4.79 Å². The van der Waals surface area contributed by atoms with Crippen LogP contribution in [0.25, 0.3) is 11.1 Å². The average molecular weight is 347 g/mol. The molecule has 3 rings (SSSR count). The first-order valence-corrected chi connectivity index (χ1v) is 8.32. The van der Waals surface area contributed by atoms with E-state index in [-0.39, 0.29) is 0 Å². The lowest BCUT2D eigenvalue weighted by Crippen LogP contribution is -2.25. The number of benzene rings is 2. The number of nitrogens with one attached hydrogen (secondary N) is 1. The van der Waals surface area contributed by atoms with Gasteiger partial charge in [-0.15, -0.1) is 0 Å². The molecule has 26 heavy (non-hydrogen) atoms. The van der Waals surface area contributed by atoms with Crippen molar-refractivity contribution in [3.63, 3.8) is 0 Å². The summed E-state index contributed by atoms with van der Waals surface area (Å²) < 4.78 is 4.72. The Hall–Kier alpha value is -3.34. The number of hydrogen-bond acceptors (Lipinski definition) is 4. The maximum atomic E-state index is 11.5. The van der Waals surface area contributed by atoms with Crippen molar-refractivity contribution >= 4 is 17.5 Å². The molecular formula is C21H21N3O2. The number of anilines is 2. The van der Waals surface area contributed by atoms with E-state index < -0.39 is 6.09 Å². The van der Waals surface area contributed by atoms with Crippen LogP contribution in [0.15, 0.2) is 73.1 Å². The van der Waals surface area contributed by atoms with Crippen molar-refractivity contribution in [1.82, 2.24) is 4.98 Å². The van der Waals surface area contributed by atoms with Crippen LogP contribution in [0.1, 0.15) is 5.56 Å². The van der Waals surface area contributed by atoms with Crippen LogP contribution < -0.4 is 10.2 Å². The molecule has 1 aromatic heterocycles. The number of carbonyl (C=O) groups is 1. The number of nitrogens with zero attached hydrogens (tertiary/aromatic N) is 2. The molecule has 2 aromatic carbocycles. The lowest BCUT2D eigenvalue weighted by Gasteiger charge is -2.16. The molecular weight excluding hydrogens is 326 g/mol. The minimum atomic E-state index is -0.390. The van der Waals surface area contributed by atoms with Gasteiger partial charge in [-0.1, -0.05) is 18.2 Å². The lowest BCUT2D eigenvalue weighted by molar-refractivity contribution is 0.180. The standard InChI is InChI=1S/C21H21N3O2/c1-24(21(25)26-2)20-8-6-19(7-9-20)23-15-16-4-3-5-18(14-16)17-10-12-22-13-11-17/h3-14,23H,15H2,1-2H3. The monoisotopic (exact) mass is 347 g/mol. The quantitative estimate of drug-likeness (QED) is 0.735. The fourth-order valence-corrected chi connectivity index (χ4v) is 2.65. The Morgan fingerprint density at radius 2 is 1.77 bits per heavy atom. The number of aromatic nitrogens is 1. The smallest absolute Gasteiger partial charge is 0.413 e. The van der Waals surface area contributed by atoms with Gasteiger partial charge in [-0.05, 0) is 59.2 Å². The van der Waals surface area contributed by atoms with Gasteiger partial charge in [-0.3, -0.25) is 9.88 Å². The first-order valence-electron chi connectivity index (χ1n) is 8.32. The summed E-state index contributed by atoms with van der Waals surface area (Å²) in [6.45, 7) is 0.713. The Bertz CT molecular complexity index is 864.